The molecule has 0 saturated carbocycles. The molecule has 3 rings (SSSR count). The lowest BCUT2D eigenvalue weighted by molar-refractivity contribution is -0.140. The molecule has 0 aromatic heterocycles. The molecule has 0 aliphatic carbocycles. The third-order valence-electron chi connectivity index (χ3n) is 5.41. The van der Waals surface area contributed by atoms with Crippen molar-refractivity contribution in [1.82, 2.24) is 10.2 Å². The van der Waals surface area contributed by atoms with Gasteiger partial charge >= 0.3 is 0 Å². The zero-order chi connectivity index (χ0) is 17.3. The zero-order valence-corrected chi connectivity index (χ0v) is 14.8. The van der Waals surface area contributed by atoms with E-state index in [0.717, 1.165) is 31.6 Å². The number of carbonyl (C=O) groups is 2. The summed E-state index contributed by atoms with van der Waals surface area (Å²) in [4.78, 5) is 29.4. The van der Waals surface area contributed by atoms with Crippen LogP contribution < -0.4 is 10.2 Å². The van der Waals surface area contributed by atoms with Crippen LogP contribution in [0.15, 0.2) is 18.2 Å². The molecular formula is C19H27N3O2. The van der Waals surface area contributed by atoms with E-state index in [1.165, 1.54) is 11.1 Å². The van der Waals surface area contributed by atoms with Crippen LogP contribution in [0, 0.1) is 19.8 Å². The maximum Gasteiger partial charge on any atom is 0.239 e. The summed E-state index contributed by atoms with van der Waals surface area (Å²) < 4.78 is 0. The molecule has 2 unspecified atom stereocenters. The molecule has 0 radical (unpaired) electrons. The fourth-order valence-corrected chi connectivity index (χ4v) is 3.83. The summed E-state index contributed by atoms with van der Waals surface area (Å²) in [6, 6.07) is 6.29. The smallest absolute Gasteiger partial charge is 0.239 e. The van der Waals surface area contributed by atoms with Gasteiger partial charge in [0.15, 0.2) is 0 Å². The Balaban J connectivity index is 1.73. The van der Waals surface area contributed by atoms with Gasteiger partial charge in [0.05, 0.1) is 0 Å². The second-order valence-corrected chi connectivity index (χ2v) is 6.99. The molecule has 5 nitrogen and oxygen atoms in total. The van der Waals surface area contributed by atoms with Gasteiger partial charge in [0.2, 0.25) is 11.8 Å². The van der Waals surface area contributed by atoms with Gasteiger partial charge < -0.3 is 15.1 Å². The van der Waals surface area contributed by atoms with Crippen molar-refractivity contribution >= 4 is 17.5 Å². The minimum atomic E-state index is -0.510. The van der Waals surface area contributed by atoms with Gasteiger partial charge in [-0.25, -0.2) is 0 Å². The van der Waals surface area contributed by atoms with E-state index in [2.05, 4.69) is 19.2 Å². The van der Waals surface area contributed by atoms with Crippen LogP contribution in [0.2, 0.25) is 0 Å². The number of nitrogens with zero attached hydrogens (tertiary/aromatic N) is 2. The lowest BCUT2D eigenvalue weighted by atomic mass is 10.1. The van der Waals surface area contributed by atoms with E-state index in [1.807, 2.05) is 30.1 Å². The first-order valence-electron chi connectivity index (χ1n) is 8.86. The molecule has 130 valence electrons. The van der Waals surface area contributed by atoms with Crippen LogP contribution in [-0.2, 0) is 9.59 Å². The highest BCUT2D eigenvalue weighted by Crippen LogP contribution is 2.30. The van der Waals surface area contributed by atoms with E-state index in [0.29, 0.717) is 13.0 Å². The van der Waals surface area contributed by atoms with Gasteiger partial charge in [-0.05, 0) is 63.4 Å². The Labute approximate surface area is 144 Å². The number of likely N-dealkylation sites (tertiary alicyclic amines) is 1. The van der Waals surface area contributed by atoms with Crippen molar-refractivity contribution in [3.8, 4) is 0 Å². The van der Waals surface area contributed by atoms with Crippen LogP contribution in [0.5, 0.6) is 0 Å². The Kier molecular flexibility index (Phi) is 4.90. The van der Waals surface area contributed by atoms with Crippen LogP contribution in [0.4, 0.5) is 5.69 Å². The molecule has 2 saturated heterocycles. The van der Waals surface area contributed by atoms with Gasteiger partial charge in [-0.1, -0.05) is 6.07 Å². The van der Waals surface area contributed by atoms with E-state index in [4.69, 9.17) is 0 Å². The summed E-state index contributed by atoms with van der Waals surface area (Å²) in [5, 5.41) is 3.15. The normalized spacial score (nSPS) is 24.0. The number of aryl methyl sites for hydroxylation is 2. The fraction of sp³-hybridized carbons (Fsp3) is 0.579. The first-order chi connectivity index (χ1) is 11.5. The Bertz CT molecular complexity index is 643. The van der Waals surface area contributed by atoms with E-state index in [1.54, 1.807) is 4.90 Å². The topological polar surface area (TPSA) is 52.7 Å². The molecular weight excluding hydrogens is 302 g/mol. The van der Waals surface area contributed by atoms with Crippen molar-refractivity contribution in [3.63, 3.8) is 0 Å². The first kappa shape index (κ1) is 17.0. The number of nitrogens with one attached hydrogen (secondary N) is 1. The first-order valence-corrected chi connectivity index (χ1v) is 8.86. The number of likely N-dealkylation sites (N-methyl/N-ethyl adjacent to an activating group) is 1. The maximum absolute atomic E-state index is 12.9. The van der Waals surface area contributed by atoms with Crippen LogP contribution in [-0.4, -0.2) is 49.4 Å². The predicted octanol–water partition coefficient (Wildman–Crippen LogP) is 1.87. The minimum Gasteiger partial charge on any atom is -0.338 e. The summed E-state index contributed by atoms with van der Waals surface area (Å²) in [6.07, 6.45) is 2.67. The maximum atomic E-state index is 12.9. The molecule has 0 bridgehead atoms. The van der Waals surface area contributed by atoms with Crippen molar-refractivity contribution in [2.45, 2.75) is 39.2 Å². The second-order valence-electron chi connectivity index (χ2n) is 6.99. The predicted molar refractivity (Wildman–Crippen MR) is 95.0 cm³/mol. The minimum absolute atomic E-state index is 0.0177. The summed E-state index contributed by atoms with van der Waals surface area (Å²) in [6.45, 7) is 6.31. The third-order valence-corrected chi connectivity index (χ3v) is 5.41. The van der Waals surface area contributed by atoms with Gasteiger partial charge in [0.1, 0.15) is 5.92 Å². The molecule has 2 fully saturated rings. The zero-order valence-electron chi connectivity index (χ0n) is 14.8. The largest absolute Gasteiger partial charge is 0.338 e. The van der Waals surface area contributed by atoms with E-state index in [-0.39, 0.29) is 17.9 Å². The number of anilines is 1. The van der Waals surface area contributed by atoms with Gasteiger partial charge in [0.25, 0.3) is 0 Å². The molecule has 1 N–H and O–H groups in total. The summed E-state index contributed by atoms with van der Waals surface area (Å²) in [5.74, 6) is -0.536. The molecule has 1 aromatic carbocycles. The highest BCUT2D eigenvalue weighted by atomic mass is 16.2. The Morgan fingerprint density at radius 1 is 1.21 bits per heavy atom. The lowest BCUT2D eigenvalue weighted by Gasteiger charge is -2.27. The molecule has 2 atom stereocenters. The molecule has 5 heteroatoms. The number of hydrogen-bond acceptors (Lipinski definition) is 3. The molecule has 2 amide bonds. The van der Waals surface area contributed by atoms with Crippen molar-refractivity contribution in [2.75, 3.05) is 31.6 Å². The quantitative estimate of drug-likeness (QED) is 0.858. The summed E-state index contributed by atoms with van der Waals surface area (Å²) >= 11 is 0. The van der Waals surface area contributed by atoms with E-state index in [9.17, 15) is 9.59 Å². The second kappa shape index (κ2) is 6.93. The molecule has 1 aromatic rings. The van der Waals surface area contributed by atoms with Crippen LogP contribution in [0.25, 0.3) is 0 Å². The number of carbonyl (C=O) groups excluding carboxylic acids is 2. The van der Waals surface area contributed by atoms with E-state index < -0.39 is 5.92 Å². The monoisotopic (exact) mass is 329 g/mol. The van der Waals surface area contributed by atoms with Gasteiger partial charge in [0, 0.05) is 31.4 Å². The molecule has 0 spiro atoms. The number of benzene rings is 1. The van der Waals surface area contributed by atoms with Crippen molar-refractivity contribution in [1.29, 1.82) is 0 Å². The molecule has 2 aliphatic heterocycles. The highest BCUT2D eigenvalue weighted by molar-refractivity contribution is 6.09. The third kappa shape index (κ3) is 3.05. The highest BCUT2D eigenvalue weighted by Gasteiger charge is 2.42. The number of hydrogen-bond donors (Lipinski definition) is 1. The lowest BCUT2D eigenvalue weighted by Crippen LogP contribution is -2.45. The van der Waals surface area contributed by atoms with Crippen LogP contribution in [0.1, 0.15) is 30.4 Å². The number of rotatable bonds is 4. The van der Waals surface area contributed by atoms with Crippen molar-refractivity contribution in [2.24, 2.45) is 5.92 Å². The Morgan fingerprint density at radius 3 is 2.71 bits per heavy atom. The average Bonchev–Trinajstić information content (AvgIpc) is 3.17. The van der Waals surface area contributed by atoms with Gasteiger partial charge in [-0.15, -0.1) is 0 Å². The van der Waals surface area contributed by atoms with Gasteiger partial charge in [-0.3, -0.25) is 9.59 Å². The van der Waals surface area contributed by atoms with Crippen molar-refractivity contribution in [3.05, 3.63) is 29.3 Å². The molecule has 24 heavy (non-hydrogen) atoms. The Morgan fingerprint density at radius 2 is 2.00 bits per heavy atom. The van der Waals surface area contributed by atoms with Crippen molar-refractivity contribution < 1.29 is 9.59 Å². The Hall–Kier alpha value is -1.88. The molecule has 2 heterocycles. The average molecular weight is 329 g/mol. The number of amides is 2. The molecule has 2 aliphatic rings. The summed E-state index contributed by atoms with van der Waals surface area (Å²) in [5.41, 5.74) is 3.29. The van der Waals surface area contributed by atoms with E-state index >= 15 is 0 Å². The summed E-state index contributed by atoms with van der Waals surface area (Å²) in [7, 11) is 1.91. The fourth-order valence-electron chi connectivity index (χ4n) is 3.83. The van der Waals surface area contributed by atoms with Crippen LogP contribution in [0.3, 0.4) is 0 Å². The standard InChI is InChI=1S/C19H27N3O2/c1-13-6-7-15(11-14(13)2)22-10-8-17(19(22)24)18(23)21-9-4-5-16(21)12-20-3/h6-7,11,16-17,20H,4-5,8-10,12H2,1-3H3. The SMILES string of the molecule is CNCC1CCCN1C(=O)C1CCN(c2ccc(C)c(C)c2)C1=O. The van der Waals surface area contributed by atoms with Crippen LogP contribution >= 0.6 is 0 Å². The van der Waals surface area contributed by atoms with Gasteiger partial charge in [-0.2, -0.15) is 0 Å².